The summed E-state index contributed by atoms with van der Waals surface area (Å²) in [6, 6.07) is 14.3. The predicted octanol–water partition coefficient (Wildman–Crippen LogP) is 1.92. The molecule has 3 unspecified atom stereocenters. The predicted molar refractivity (Wildman–Crippen MR) is 114 cm³/mol. The van der Waals surface area contributed by atoms with Crippen molar-refractivity contribution in [2.45, 2.75) is 37.4 Å². The van der Waals surface area contributed by atoms with Crippen LogP contribution >= 0.6 is 0 Å². The Balaban J connectivity index is 1.33. The number of anilines is 1. The highest BCUT2D eigenvalue weighted by Crippen LogP contribution is 2.26. The number of nitrogens with one attached hydrogen (secondary N) is 3. The number of rotatable bonds is 6. The smallest absolute Gasteiger partial charge is 0.251 e. The number of nitrogens with zero attached hydrogens (tertiary/aromatic N) is 1. The van der Waals surface area contributed by atoms with Crippen molar-refractivity contribution in [3.8, 4) is 0 Å². The van der Waals surface area contributed by atoms with E-state index < -0.39 is 5.82 Å². The van der Waals surface area contributed by atoms with Gasteiger partial charge in [0.05, 0.1) is 6.04 Å². The standard InChI is InChI=1S/C23H25FN4O3/c24-16-6-4-5-15(11-16)22(30)27-18-12-20-23(31)25-13-19(28(20)14-18)9-10-21(29)26-17-7-2-1-3-8-17/h1-8,11,18-20H,9-10,12-14H2,(H,25,31)(H,26,29)(H,27,30). The van der Waals surface area contributed by atoms with Crippen LogP contribution in [-0.2, 0) is 9.59 Å². The van der Waals surface area contributed by atoms with Gasteiger partial charge in [-0.15, -0.1) is 0 Å². The van der Waals surface area contributed by atoms with Crippen LogP contribution < -0.4 is 16.0 Å². The molecule has 0 aliphatic carbocycles. The molecule has 2 aromatic rings. The quantitative estimate of drug-likeness (QED) is 0.661. The lowest BCUT2D eigenvalue weighted by Crippen LogP contribution is -2.57. The molecule has 0 spiro atoms. The van der Waals surface area contributed by atoms with Gasteiger partial charge in [0.2, 0.25) is 11.8 Å². The zero-order valence-electron chi connectivity index (χ0n) is 17.0. The second kappa shape index (κ2) is 9.26. The van der Waals surface area contributed by atoms with Crippen molar-refractivity contribution >= 4 is 23.4 Å². The molecule has 2 fully saturated rings. The number of carbonyl (C=O) groups excluding carboxylic acids is 3. The van der Waals surface area contributed by atoms with Crippen LogP contribution in [0.5, 0.6) is 0 Å². The summed E-state index contributed by atoms with van der Waals surface area (Å²) >= 11 is 0. The molecule has 8 heteroatoms. The van der Waals surface area contributed by atoms with Crippen molar-refractivity contribution in [2.24, 2.45) is 0 Å². The Labute approximate surface area is 180 Å². The van der Waals surface area contributed by atoms with E-state index in [1.807, 2.05) is 30.3 Å². The number of amides is 3. The van der Waals surface area contributed by atoms with Gasteiger partial charge in [0.15, 0.2) is 0 Å². The van der Waals surface area contributed by atoms with E-state index in [4.69, 9.17) is 0 Å². The summed E-state index contributed by atoms with van der Waals surface area (Å²) < 4.78 is 13.4. The zero-order chi connectivity index (χ0) is 21.8. The summed E-state index contributed by atoms with van der Waals surface area (Å²) in [7, 11) is 0. The number of piperazine rings is 1. The summed E-state index contributed by atoms with van der Waals surface area (Å²) in [6.07, 6.45) is 1.42. The zero-order valence-corrected chi connectivity index (χ0v) is 17.0. The molecule has 0 aromatic heterocycles. The minimum Gasteiger partial charge on any atom is -0.353 e. The average Bonchev–Trinajstić information content (AvgIpc) is 3.18. The van der Waals surface area contributed by atoms with E-state index in [9.17, 15) is 18.8 Å². The minimum atomic E-state index is -0.468. The molecule has 0 bridgehead atoms. The number of para-hydroxylation sites is 1. The molecular formula is C23H25FN4O3. The Kier molecular flexibility index (Phi) is 6.27. The van der Waals surface area contributed by atoms with Crippen LogP contribution in [-0.4, -0.2) is 53.8 Å². The van der Waals surface area contributed by atoms with Gasteiger partial charge in [-0.2, -0.15) is 0 Å². The van der Waals surface area contributed by atoms with Crippen molar-refractivity contribution < 1.29 is 18.8 Å². The average molecular weight is 424 g/mol. The third-order valence-corrected chi connectivity index (χ3v) is 5.81. The van der Waals surface area contributed by atoms with Crippen molar-refractivity contribution in [3.63, 3.8) is 0 Å². The van der Waals surface area contributed by atoms with Crippen LogP contribution in [0.15, 0.2) is 54.6 Å². The number of halogens is 1. The first-order valence-electron chi connectivity index (χ1n) is 10.4. The van der Waals surface area contributed by atoms with Crippen molar-refractivity contribution in [1.82, 2.24) is 15.5 Å². The molecule has 162 valence electrons. The molecule has 2 aliphatic rings. The normalized spacial score (nSPS) is 23.0. The fourth-order valence-electron chi connectivity index (χ4n) is 4.29. The van der Waals surface area contributed by atoms with Gasteiger partial charge in [0.25, 0.3) is 5.91 Å². The van der Waals surface area contributed by atoms with Crippen molar-refractivity contribution in [1.29, 1.82) is 0 Å². The van der Waals surface area contributed by atoms with Crippen LogP contribution in [0.3, 0.4) is 0 Å². The van der Waals surface area contributed by atoms with Gasteiger partial charge in [-0.3, -0.25) is 19.3 Å². The van der Waals surface area contributed by atoms with Gasteiger partial charge in [0, 0.05) is 42.8 Å². The van der Waals surface area contributed by atoms with E-state index in [-0.39, 0.29) is 41.4 Å². The summed E-state index contributed by atoms with van der Waals surface area (Å²) in [5, 5.41) is 8.70. The molecule has 2 saturated heterocycles. The number of fused-ring (bicyclic) bond motifs is 1. The Morgan fingerprint density at radius 3 is 2.71 bits per heavy atom. The molecule has 2 aliphatic heterocycles. The third kappa shape index (κ3) is 5.08. The molecule has 31 heavy (non-hydrogen) atoms. The molecule has 3 amide bonds. The summed E-state index contributed by atoms with van der Waals surface area (Å²) in [4.78, 5) is 39.2. The molecule has 2 aromatic carbocycles. The Bertz CT molecular complexity index is 968. The van der Waals surface area contributed by atoms with E-state index in [2.05, 4.69) is 20.9 Å². The van der Waals surface area contributed by atoms with Crippen LogP contribution in [0.4, 0.5) is 10.1 Å². The Morgan fingerprint density at radius 2 is 1.94 bits per heavy atom. The van der Waals surface area contributed by atoms with E-state index in [0.29, 0.717) is 32.4 Å². The largest absolute Gasteiger partial charge is 0.353 e. The second-order valence-electron chi connectivity index (χ2n) is 7.98. The monoisotopic (exact) mass is 424 g/mol. The lowest BCUT2D eigenvalue weighted by Gasteiger charge is -2.37. The van der Waals surface area contributed by atoms with Gasteiger partial charge in [-0.25, -0.2) is 4.39 Å². The van der Waals surface area contributed by atoms with Crippen LogP contribution in [0.2, 0.25) is 0 Å². The molecule has 2 heterocycles. The summed E-state index contributed by atoms with van der Waals surface area (Å²) in [5.74, 6) is -0.962. The van der Waals surface area contributed by atoms with E-state index in [0.717, 1.165) is 5.69 Å². The maximum Gasteiger partial charge on any atom is 0.251 e. The lowest BCUT2D eigenvalue weighted by atomic mass is 10.0. The molecule has 3 atom stereocenters. The topological polar surface area (TPSA) is 90.5 Å². The Morgan fingerprint density at radius 1 is 1.13 bits per heavy atom. The summed E-state index contributed by atoms with van der Waals surface area (Å²) in [6.45, 7) is 0.989. The van der Waals surface area contributed by atoms with Gasteiger partial charge in [0.1, 0.15) is 5.82 Å². The first kappa shape index (κ1) is 21.0. The fourth-order valence-corrected chi connectivity index (χ4v) is 4.29. The van der Waals surface area contributed by atoms with Gasteiger partial charge in [-0.05, 0) is 43.2 Å². The minimum absolute atomic E-state index is 0.0142. The van der Waals surface area contributed by atoms with E-state index in [1.54, 1.807) is 6.07 Å². The molecule has 3 N–H and O–H groups in total. The number of benzene rings is 2. The number of hydrogen-bond donors (Lipinski definition) is 3. The highest BCUT2D eigenvalue weighted by molar-refractivity contribution is 5.94. The number of hydrogen-bond acceptors (Lipinski definition) is 4. The lowest BCUT2D eigenvalue weighted by molar-refractivity contribution is -0.129. The van der Waals surface area contributed by atoms with Crippen molar-refractivity contribution in [3.05, 3.63) is 66.0 Å². The van der Waals surface area contributed by atoms with Crippen LogP contribution in [0.1, 0.15) is 29.6 Å². The highest BCUT2D eigenvalue weighted by Gasteiger charge is 2.43. The van der Waals surface area contributed by atoms with Gasteiger partial charge >= 0.3 is 0 Å². The molecule has 0 radical (unpaired) electrons. The number of carbonyl (C=O) groups is 3. The summed E-state index contributed by atoms with van der Waals surface area (Å²) in [5.41, 5.74) is 1.01. The third-order valence-electron chi connectivity index (χ3n) is 5.81. The van der Waals surface area contributed by atoms with E-state index >= 15 is 0 Å². The maximum absolute atomic E-state index is 13.4. The molecular weight excluding hydrogens is 399 g/mol. The van der Waals surface area contributed by atoms with Crippen LogP contribution in [0.25, 0.3) is 0 Å². The first-order valence-corrected chi connectivity index (χ1v) is 10.4. The second-order valence-corrected chi connectivity index (χ2v) is 7.98. The fraction of sp³-hybridized carbons (Fsp3) is 0.348. The first-order chi connectivity index (χ1) is 15.0. The molecule has 0 saturated carbocycles. The van der Waals surface area contributed by atoms with E-state index in [1.165, 1.54) is 18.2 Å². The molecule has 4 rings (SSSR count). The SMILES string of the molecule is O=C(CCC1CNC(=O)C2CC(NC(=O)c3cccc(F)c3)CN12)Nc1ccccc1. The van der Waals surface area contributed by atoms with Crippen molar-refractivity contribution in [2.75, 3.05) is 18.4 Å². The van der Waals surface area contributed by atoms with Gasteiger partial charge in [-0.1, -0.05) is 24.3 Å². The highest BCUT2D eigenvalue weighted by atomic mass is 19.1. The van der Waals surface area contributed by atoms with Crippen LogP contribution in [0, 0.1) is 5.82 Å². The molecule has 7 nitrogen and oxygen atoms in total. The maximum atomic E-state index is 13.4. The van der Waals surface area contributed by atoms with Gasteiger partial charge < -0.3 is 16.0 Å². The Hall–Kier alpha value is -3.26.